The van der Waals surface area contributed by atoms with E-state index >= 15 is 0 Å². The molecule has 138 valence electrons. The number of nitro groups is 2. The number of nitrogens with zero attached hydrogens (tertiary/aromatic N) is 6. The number of nitrogens with one attached hydrogen (secondary N) is 1. The quantitative estimate of drug-likeness (QED) is 0.519. The summed E-state index contributed by atoms with van der Waals surface area (Å²) < 4.78 is 0.967. The zero-order valence-electron chi connectivity index (χ0n) is 13.8. The average molecular weight is 379 g/mol. The summed E-state index contributed by atoms with van der Waals surface area (Å²) in [6, 6.07) is 7.81. The van der Waals surface area contributed by atoms with Gasteiger partial charge in [0.2, 0.25) is 0 Å². The summed E-state index contributed by atoms with van der Waals surface area (Å²) in [6.07, 6.45) is 3.89. The first kappa shape index (κ1) is 18.1. The molecule has 0 radical (unpaired) electrons. The van der Waals surface area contributed by atoms with Crippen LogP contribution in [0.15, 0.2) is 48.9 Å². The summed E-state index contributed by atoms with van der Waals surface area (Å²) in [6.45, 7) is 0. The van der Waals surface area contributed by atoms with Crippen LogP contribution in [0, 0.1) is 31.6 Å². The van der Waals surface area contributed by atoms with Crippen molar-refractivity contribution in [1.82, 2.24) is 14.8 Å². The number of pyridine rings is 1. The molecule has 0 fully saturated rings. The normalized spacial score (nSPS) is 10.1. The van der Waals surface area contributed by atoms with Gasteiger partial charge >= 0.3 is 5.69 Å². The summed E-state index contributed by atoms with van der Waals surface area (Å²) in [5.74, 6) is -0.732. The maximum Gasteiger partial charge on any atom is 0.301 e. The highest BCUT2D eigenvalue weighted by molar-refractivity contribution is 6.04. The van der Waals surface area contributed by atoms with Crippen LogP contribution >= 0.6 is 0 Å². The molecule has 1 N–H and O–H groups in total. The summed E-state index contributed by atoms with van der Waals surface area (Å²) >= 11 is 0. The lowest BCUT2D eigenvalue weighted by molar-refractivity contribution is -0.394. The summed E-state index contributed by atoms with van der Waals surface area (Å²) in [7, 11) is 0. The minimum Gasteiger partial charge on any atom is -0.305 e. The molecule has 12 heteroatoms. The number of nitriles is 1. The molecule has 0 aliphatic heterocycles. The molecule has 0 unspecified atom stereocenters. The fourth-order valence-corrected chi connectivity index (χ4v) is 2.36. The van der Waals surface area contributed by atoms with E-state index in [1.165, 1.54) is 18.5 Å². The van der Waals surface area contributed by atoms with Crippen LogP contribution in [0.5, 0.6) is 0 Å². The Bertz CT molecular complexity index is 1130. The zero-order valence-corrected chi connectivity index (χ0v) is 13.8. The van der Waals surface area contributed by atoms with Gasteiger partial charge in [0.25, 0.3) is 11.6 Å². The van der Waals surface area contributed by atoms with Gasteiger partial charge in [-0.25, -0.2) is 4.68 Å². The highest BCUT2D eigenvalue weighted by Gasteiger charge is 2.25. The number of carbonyl (C=O) groups is 1. The maximum atomic E-state index is 12.4. The van der Waals surface area contributed by atoms with Crippen LogP contribution in [0.4, 0.5) is 17.2 Å². The minimum atomic E-state index is -0.817. The van der Waals surface area contributed by atoms with Crippen LogP contribution < -0.4 is 5.32 Å². The molecule has 2 heterocycles. The van der Waals surface area contributed by atoms with Crippen LogP contribution in [0.3, 0.4) is 0 Å². The summed E-state index contributed by atoms with van der Waals surface area (Å²) in [4.78, 5) is 36.9. The van der Waals surface area contributed by atoms with Gasteiger partial charge in [0.1, 0.15) is 17.3 Å². The zero-order chi connectivity index (χ0) is 20.3. The topological polar surface area (TPSA) is 170 Å². The minimum absolute atomic E-state index is 0.0510. The Balaban J connectivity index is 2.11. The van der Waals surface area contributed by atoms with Crippen molar-refractivity contribution in [3.63, 3.8) is 0 Å². The predicted molar refractivity (Wildman–Crippen MR) is 93.8 cm³/mol. The van der Waals surface area contributed by atoms with E-state index in [1.807, 2.05) is 6.07 Å². The number of amides is 1. The Kier molecular flexibility index (Phi) is 4.73. The lowest BCUT2D eigenvalue weighted by Crippen LogP contribution is -2.16. The lowest BCUT2D eigenvalue weighted by atomic mass is 10.2. The fraction of sp³-hybridized carbons (Fsp3) is 0. The molecule has 0 aliphatic rings. The van der Waals surface area contributed by atoms with Crippen molar-refractivity contribution in [2.45, 2.75) is 0 Å². The number of anilines is 1. The molecule has 0 saturated heterocycles. The van der Waals surface area contributed by atoms with Crippen molar-refractivity contribution in [2.75, 3.05) is 5.32 Å². The monoisotopic (exact) mass is 379 g/mol. The number of hydrogen-bond acceptors (Lipinski definition) is 8. The third kappa shape index (κ3) is 3.35. The van der Waals surface area contributed by atoms with E-state index in [2.05, 4.69) is 15.4 Å². The molecule has 1 aromatic carbocycles. The van der Waals surface area contributed by atoms with E-state index < -0.39 is 27.1 Å². The molecule has 0 atom stereocenters. The second kappa shape index (κ2) is 7.30. The fourth-order valence-electron chi connectivity index (χ4n) is 2.36. The average Bonchev–Trinajstić information content (AvgIpc) is 3.10. The van der Waals surface area contributed by atoms with Crippen LogP contribution in [-0.2, 0) is 0 Å². The first-order chi connectivity index (χ1) is 13.4. The first-order valence-electron chi connectivity index (χ1n) is 7.55. The van der Waals surface area contributed by atoms with Crippen molar-refractivity contribution in [3.05, 3.63) is 80.3 Å². The van der Waals surface area contributed by atoms with E-state index in [9.17, 15) is 30.3 Å². The predicted octanol–water partition coefficient (Wildman–Crippen LogP) is 2.21. The molecule has 3 aromatic rings. The number of hydrogen-bond donors (Lipinski definition) is 1. The Hall–Kier alpha value is -4.66. The summed E-state index contributed by atoms with van der Waals surface area (Å²) in [5.41, 5.74) is -1.11. The van der Waals surface area contributed by atoms with Crippen molar-refractivity contribution in [1.29, 1.82) is 5.26 Å². The third-order valence-corrected chi connectivity index (χ3v) is 3.64. The summed E-state index contributed by atoms with van der Waals surface area (Å²) in [5, 5.41) is 37.9. The number of aromatic nitrogens is 3. The third-order valence-electron chi connectivity index (χ3n) is 3.64. The van der Waals surface area contributed by atoms with Gasteiger partial charge in [-0.05, 0) is 18.2 Å². The number of rotatable bonds is 5. The van der Waals surface area contributed by atoms with Gasteiger partial charge in [-0.3, -0.25) is 30.0 Å². The lowest BCUT2D eigenvalue weighted by Gasteiger charge is -2.10. The molecular formula is C16H9N7O5. The van der Waals surface area contributed by atoms with E-state index in [4.69, 9.17) is 0 Å². The van der Waals surface area contributed by atoms with Crippen LogP contribution in [0.25, 0.3) is 5.69 Å². The highest BCUT2D eigenvalue weighted by Crippen LogP contribution is 2.30. The van der Waals surface area contributed by atoms with Gasteiger partial charge in [0.15, 0.2) is 5.82 Å². The number of benzene rings is 1. The van der Waals surface area contributed by atoms with E-state index in [-0.39, 0.29) is 22.6 Å². The van der Waals surface area contributed by atoms with Gasteiger partial charge in [0.05, 0.1) is 27.7 Å². The Labute approximate surface area is 156 Å². The molecule has 0 bridgehead atoms. The number of nitro benzene ring substituents is 2. The van der Waals surface area contributed by atoms with Crippen LogP contribution in [0.1, 0.15) is 15.9 Å². The molecule has 0 spiro atoms. The second-order valence-corrected chi connectivity index (χ2v) is 5.31. The largest absolute Gasteiger partial charge is 0.305 e. The van der Waals surface area contributed by atoms with Crippen molar-refractivity contribution in [3.8, 4) is 11.8 Å². The van der Waals surface area contributed by atoms with Gasteiger partial charge in [0, 0.05) is 18.5 Å². The van der Waals surface area contributed by atoms with Crippen molar-refractivity contribution >= 4 is 23.1 Å². The molecular weight excluding hydrogens is 370 g/mol. The van der Waals surface area contributed by atoms with E-state index in [0.29, 0.717) is 0 Å². The van der Waals surface area contributed by atoms with E-state index in [0.717, 1.165) is 29.1 Å². The number of non-ortho nitro benzene ring substituents is 1. The number of carbonyl (C=O) groups excluding carboxylic acids is 1. The molecule has 3 rings (SSSR count). The van der Waals surface area contributed by atoms with E-state index in [1.54, 1.807) is 6.07 Å². The van der Waals surface area contributed by atoms with Gasteiger partial charge < -0.3 is 5.32 Å². The first-order valence-corrected chi connectivity index (χ1v) is 7.55. The van der Waals surface area contributed by atoms with Crippen molar-refractivity contribution in [2.24, 2.45) is 0 Å². The smallest absolute Gasteiger partial charge is 0.301 e. The Morgan fingerprint density at radius 3 is 2.57 bits per heavy atom. The second-order valence-electron chi connectivity index (χ2n) is 5.31. The molecule has 28 heavy (non-hydrogen) atoms. The highest BCUT2D eigenvalue weighted by atomic mass is 16.6. The van der Waals surface area contributed by atoms with Gasteiger partial charge in [-0.2, -0.15) is 10.4 Å². The maximum absolute atomic E-state index is 12.4. The Morgan fingerprint density at radius 1 is 1.18 bits per heavy atom. The Morgan fingerprint density at radius 2 is 1.96 bits per heavy atom. The molecule has 0 aliphatic carbocycles. The molecule has 0 saturated carbocycles. The molecule has 2 aromatic heterocycles. The molecule has 1 amide bonds. The SMILES string of the molecule is N#Cc1cnn(-c2ccc([N+](=O)[O-])cc2[N+](=O)[O-])c1NC(=O)c1cccnc1. The standard InChI is InChI=1S/C16H9N7O5/c17-7-11-9-19-21(15(11)20-16(24)10-2-1-5-18-8-10)13-4-3-12(22(25)26)6-14(13)23(27)28/h1-6,8-9H,(H,20,24). The van der Waals surface area contributed by atoms with Crippen LogP contribution in [-0.4, -0.2) is 30.5 Å². The van der Waals surface area contributed by atoms with Crippen molar-refractivity contribution < 1.29 is 14.6 Å². The van der Waals surface area contributed by atoms with Crippen LogP contribution in [0.2, 0.25) is 0 Å². The van der Waals surface area contributed by atoms with Gasteiger partial charge in [-0.15, -0.1) is 0 Å². The van der Waals surface area contributed by atoms with Gasteiger partial charge in [-0.1, -0.05) is 0 Å². The molecule has 12 nitrogen and oxygen atoms in total.